The van der Waals surface area contributed by atoms with Gasteiger partial charge in [-0.25, -0.2) is 0 Å². The SMILES string of the molecule is CC#CCNCc1ccc(OCc2ccccc2)cc1. The molecule has 0 aliphatic rings. The molecule has 1 N–H and O–H groups in total. The van der Waals surface area contributed by atoms with Crippen LogP contribution in [0.4, 0.5) is 0 Å². The van der Waals surface area contributed by atoms with E-state index in [1.165, 1.54) is 11.1 Å². The average Bonchev–Trinajstić information content (AvgIpc) is 2.52. The van der Waals surface area contributed by atoms with E-state index in [0.29, 0.717) is 6.61 Å². The second-order valence-corrected chi connectivity index (χ2v) is 4.45. The molecular formula is C18H19NO. The molecule has 0 aliphatic heterocycles. The molecule has 0 amide bonds. The minimum Gasteiger partial charge on any atom is -0.489 e. The summed E-state index contributed by atoms with van der Waals surface area (Å²) in [6.07, 6.45) is 0. The molecule has 20 heavy (non-hydrogen) atoms. The van der Waals surface area contributed by atoms with Crippen LogP contribution < -0.4 is 10.1 Å². The van der Waals surface area contributed by atoms with Gasteiger partial charge in [-0.1, -0.05) is 48.4 Å². The van der Waals surface area contributed by atoms with Gasteiger partial charge in [-0.2, -0.15) is 0 Å². The highest BCUT2D eigenvalue weighted by Gasteiger charge is 1.96. The molecule has 2 aromatic rings. The molecule has 0 heterocycles. The lowest BCUT2D eigenvalue weighted by Gasteiger charge is -2.07. The molecule has 2 nitrogen and oxygen atoms in total. The van der Waals surface area contributed by atoms with Crippen molar-refractivity contribution in [2.75, 3.05) is 6.54 Å². The van der Waals surface area contributed by atoms with Gasteiger partial charge in [0.25, 0.3) is 0 Å². The summed E-state index contributed by atoms with van der Waals surface area (Å²) in [5.74, 6) is 6.74. The summed E-state index contributed by atoms with van der Waals surface area (Å²) in [6.45, 7) is 4.00. The van der Waals surface area contributed by atoms with Gasteiger partial charge in [0.15, 0.2) is 0 Å². The fraction of sp³-hybridized carbons (Fsp3) is 0.222. The first-order valence-electron chi connectivity index (χ1n) is 6.74. The van der Waals surface area contributed by atoms with Gasteiger partial charge in [-0.3, -0.25) is 0 Å². The first-order chi connectivity index (χ1) is 9.88. The van der Waals surface area contributed by atoms with Crippen LogP contribution in [0.1, 0.15) is 18.1 Å². The molecular weight excluding hydrogens is 246 g/mol. The Morgan fingerprint density at radius 2 is 1.70 bits per heavy atom. The van der Waals surface area contributed by atoms with Gasteiger partial charge in [0, 0.05) is 6.54 Å². The minimum absolute atomic E-state index is 0.602. The van der Waals surface area contributed by atoms with Gasteiger partial charge in [-0.15, -0.1) is 5.92 Å². The minimum atomic E-state index is 0.602. The topological polar surface area (TPSA) is 21.3 Å². The van der Waals surface area contributed by atoms with E-state index in [9.17, 15) is 0 Å². The normalized spacial score (nSPS) is 9.65. The van der Waals surface area contributed by atoms with Crippen molar-refractivity contribution in [3.8, 4) is 17.6 Å². The molecule has 2 aromatic carbocycles. The molecule has 0 saturated carbocycles. The fourth-order valence-corrected chi connectivity index (χ4v) is 1.80. The van der Waals surface area contributed by atoms with E-state index < -0.39 is 0 Å². The summed E-state index contributed by atoms with van der Waals surface area (Å²) in [4.78, 5) is 0. The maximum atomic E-state index is 5.75. The molecule has 0 spiro atoms. The van der Waals surface area contributed by atoms with Gasteiger partial charge in [0.05, 0.1) is 6.54 Å². The lowest BCUT2D eigenvalue weighted by Crippen LogP contribution is -2.12. The van der Waals surface area contributed by atoms with Crippen LogP contribution in [0.3, 0.4) is 0 Å². The predicted molar refractivity (Wildman–Crippen MR) is 82.4 cm³/mol. The Morgan fingerprint density at radius 3 is 2.40 bits per heavy atom. The summed E-state index contributed by atoms with van der Waals surface area (Å²) in [5, 5.41) is 3.27. The Hall–Kier alpha value is -2.24. The summed E-state index contributed by atoms with van der Waals surface area (Å²) in [5.41, 5.74) is 2.41. The van der Waals surface area contributed by atoms with Crippen molar-refractivity contribution in [3.63, 3.8) is 0 Å². The molecule has 0 aromatic heterocycles. The molecule has 0 aliphatic carbocycles. The standard InChI is InChI=1S/C18H19NO/c1-2-3-13-19-14-16-9-11-18(12-10-16)20-15-17-7-5-4-6-8-17/h4-12,19H,13-15H2,1H3. The van der Waals surface area contributed by atoms with Crippen LogP contribution in [0.15, 0.2) is 54.6 Å². The smallest absolute Gasteiger partial charge is 0.119 e. The summed E-state index contributed by atoms with van der Waals surface area (Å²) in [7, 11) is 0. The summed E-state index contributed by atoms with van der Waals surface area (Å²) >= 11 is 0. The molecule has 0 unspecified atom stereocenters. The zero-order valence-corrected chi connectivity index (χ0v) is 11.7. The maximum Gasteiger partial charge on any atom is 0.119 e. The van der Waals surface area contributed by atoms with Crippen molar-refractivity contribution in [3.05, 3.63) is 65.7 Å². The Morgan fingerprint density at radius 1 is 0.950 bits per heavy atom. The van der Waals surface area contributed by atoms with E-state index in [4.69, 9.17) is 4.74 Å². The third-order valence-corrected chi connectivity index (χ3v) is 2.89. The van der Waals surface area contributed by atoms with Gasteiger partial charge >= 0.3 is 0 Å². The number of hydrogen-bond donors (Lipinski definition) is 1. The lowest BCUT2D eigenvalue weighted by atomic mass is 10.2. The highest BCUT2D eigenvalue weighted by molar-refractivity contribution is 5.27. The van der Waals surface area contributed by atoms with Crippen LogP contribution >= 0.6 is 0 Å². The van der Waals surface area contributed by atoms with Crippen molar-refractivity contribution in [2.24, 2.45) is 0 Å². The molecule has 0 saturated heterocycles. The van der Waals surface area contributed by atoms with Crippen molar-refractivity contribution >= 4 is 0 Å². The van der Waals surface area contributed by atoms with Gasteiger partial charge in [0.1, 0.15) is 12.4 Å². The van der Waals surface area contributed by atoms with E-state index in [2.05, 4.69) is 41.4 Å². The summed E-state index contributed by atoms with van der Waals surface area (Å²) < 4.78 is 5.75. The Bertz CT molecular complexity index is 564. The molecule has 2 heteroatoms. The van der Waals surface area contributed by atoms with Crippen molar-refractivity contribution < 1.29 is 4.74 Å². The molecule has 0 fully saturated rings. The number of hydrogen-bond acceptors (Lipinski definition) is 2. The molecule has 0 radical (unpaired) electrons. The molecule has 0 bridgehead atoms. The number of ether oxygens (including phenoxy) is 1. The van der Waals surface area contributed by atoms with E-state index >= 15 is 0 Å². The summed E-state index contributed by atoms with van der Waals surface area (Å²) in [6, 6.07) is 18.3. The highest BCUT2D eigenvalue weighted by atomic mass is 16.5. The molecule has 102 valence electrons. The van der Waals surface area contributed by atoms with Gasteiger partial charge in [-0.05, 0) is 30.2 Å². The molecule has 0 atom stereocenters. The van der Waals surface area contributed by atoms with Crippen LogP contribution in [-0.2, 0) is 13.2 Å². The Balaban J connectivity index is 1.80. The van der Waals surface area contributed by atoms with Crippen LogP contribution in [0.25, 0.3) is 0 Å². The first-order valence-corrected chi connectivity index (χ1v) is 6.74. The van der Waals surface area contributed by atoms with Crippen LogP contribution in [0, 0.1) is 11.8 Å². The average molecular weight is 265 g/mol. The lowest BCUT2D eigenvalue weighted by molar-refractivity contribution is 0.306. The Labute approximate surface area is 120 Å². The third-order valence-electron chi connectivity index (χ3n) is 2.89. The van der Waals surface area contributed by atoms with E-state index in [1.54, 1.807) is 0 Å². The van der Waals surface area contributed by atoms with E-state index in [0.717, 1.165) is 18.8 Å². The third kappa shape index (κ3) is 4.79. The highest BCUT2D eigenvalue weighted by Crippen LogP contribution is 2.14. The fourth-order valence-electron chi connectivity index (χ4n) is 1.80. The second kappa shape index (κ2) is 8.04. The predicted octanol–water partition coefficient (Wildman–Crippen LogP) is 3.38. The van der Waals surface area contributed by atoms with Gasteiger partial charge < -0.3 is 10.1 Å². The maximum absolute atomic E-state index is 5.75. The zero-order valence-electron chi connectivity index (χ0n) is 11.7. The van der Waals surface area contributed by atoms with Crippen LogP contribution in [0.2, 0.25) is 0 Å². The van der Waals surface area contributed by atoms with Crippen LogP contribution in [-0.4, -0.2) is 6.54 Å². The van der Waals surface area contributed by atoms with Crippen molar-refractivity contribution in [1.82, 2.24) is 5.32 Å². The number of benzene rings is 2. The second-order valence-electron chi connectivity index (χ2n) is 4.45. The Kier molecular flexibility index (Phi) is 5.70. The quantitative estimate of drug-likeness (QED) is 0.638. The van der Waals surface area contributed by atoms with Crippen molar-refractivity contribution in [2.45, 2.75) is 20.1 Å². The largest absolute Gasteiger partial charge is 0.489 e. The number of nitrogens with one attached hydrogen (secondary N) is 1. The molecule has 2 rings (SSSR count). The first kappa shape index (κ1) is 14.2. The number of rotatable bonds is 6. The monoisotopic (exact) mass is 265 g/mol. The van der Waals surface area contributed by atoms with Gasteiger partial charge in [0.2, 0.25) is 0 Å². The van der Waals surface area contributed by atoms with Crippen molar-refractivity contribution in [1.29, 1.82) is 0 Å². The van der Waals surface area contributed by atoms with Crippen LogP contribution in [0.5, 0.6) is 5.75 Å². The van der Waals surface area contributed by atoms with E-state index in [1.807, 2.05) is 37.3 Å². The van der Waals surface area contributed by atoms with E-state index in [-0.39, 0.29) is 0 Å². The zero-order chi connectivity index (χ0) is 14.0.